The predicted octanol–water partition coefficient (Wildman–Crippen LogP) is 3.19. The summed E-state index contributed by atoms with van der Waals surface area (Å²) >= 11 is 5.96. The highest BCUT2D eigenvalue weighted by molar-refractivity contribution is 6.30. The molecule has 7 heteroatoms. The Hall–Kier alpha value is -1.92. The SMILES string of the molecule is COC(=O)COCCCCN1C(=O)CC[C@@H]1CCC(=O)Cc1cccc(Cl)c1. The van der Waals surface area contributed by atoms with Crippen molar-refractivity contribution in [1.29, 1.82) is 0 Å². The Balaban J connectivity index is 1.68. The number of carbonyl (C=O) groups excluding carboxylic acids is 3. The van der Waals surface area contributed by atoms with Crippen LogP contribution in [0.15, 0.2) is 24.3 Å². The van der Waals surface area contributed by atoms with Crippen LogP contribution < -0.4 is 0 Å². The second kappa shape index (κ2) is 11.8. The van der Waals surface area contributed by atoms with Crippen LogP contribution in [0.4, 0.5) is 0 Å². The zero-order chi connectivity index (χ0) is 20.4. The fraction of sp³-hybridized carbons (Fsp3) is 0.571. The number of likely N-dealkylation sites (tertiary alicyclic amines) is 1. The molecule has 154 valence electrons. The van der Waals surface area contributed by atoms with E-state index in [1.165, 1.54) is 7.11 Å². The van der Waals surface area contributed by atoms with Crippen LogP contribution in [-0.4, -0.2) is 55.5 Å². The molecule has 1 aromatic carbocycles. The van der Waals surface area contributed by atoms with Crippen molar-refractivity contribution in [3.05, 3.63) is 34.9 Å². The number of unbranched alkanes of at least 4 members (excludes halogenated alkanes) is 1. The Bertz CT molecular complexity index is 679. The molecule has 0 spiro atoms. The van der Waals surface area contributed by atoms with E-state index in [1.807, 2.05) is 23.1 Å². The van der Waals surface area contributed by atoms with Crippen molar-refractivity contribution in [3.63, 3.8) is 0 Å². The van der Waals surface area contributed by atoms with Gasteiger partial charge in [-0.2, -0.15) is 0 Å². The van der Waals surface area contributed by atoms with Crippen LogP contribution in [0.2, 0.25) is 5.02 Å². The summed E-state index contributed by atoms with van der Waals surface area (Å²) in [6.07, 6.45) is 4.46. The Morgan fingerprint density at radius 2 is 2.11 bits per heavy atom. The number of hydrogen-bond donors (Lipinski definition) is 0. The van der Waals surface area contributed by atoms with Gasteiger partial charge in [-0.1, -0.05) is 23.7 Å². The van der Waals surface area contributed by atoms with E-state index in [4.69, 9.17) is 16.3 Å². The Morgan fingerprint density at radius 1 is 1.29 bits per heavy atom. The van der Waals surface area contributed by atoms with Gasteiger partial charge in [-0.05, 0) is 43.4 Å². The third-order valence-electron chi connectivity index (χ3n) is 4.88. The lowest BCUT2D eigenvalue weighted by Gasteiger charge is -2.24. The monoisotopic (exact) mass is 409 g/mol. The lowest BCUT2D eigenvalue weighted by Crippen LogP contribution is -2.34. The molecule has 0 bridgehead atoms. The van der Waals surface area contributed by atoms with Crippen LogP contribution in [0.3, 0.4) is 0 Å². The molecule has 1 heterocycles. The number of halogens is 1. The first-order chi connectivity index (χ1) is 13.5. The molecule has 1 amide bonds. The first-order valence-electron chi connectivity index (χ1n) is 9.69. The first-order valence-corrected chi connectivity index (χ1v) is 10.1. The summed E-state index contributed by atoms with van der Waals surface area (Å²) in [6, 6.07) is 7.48. The molecule has 6 nitrogen and oxygen atoms in total. The molecule has 1 atom stereocenters. The minimum Gasteiger partial charge on any atom is -0.467 e. The van der Waals surface area contributed by atoms with Crippen LogP contribution in [0, 0.1) is 0 Å². The molecule has 28 heavy (non-hydrogen) atoms. The highest BCUT2D eigenvalue weighted by Crippen LogP contribution is 2.23. The number of carbonyl (C=O) groups is 3. The van der Waals surface area contributed by atoms with Gasteiger partial charge in [0.15, 0.2) is 0 Å². The maximum Gasteiger partial charge on any atom is 0.331 e. The van der Waals surface area contributed by atoms with Crippen molar-refractivity contribution < 1.29 is 23.9 Å². The molecule has 1 aliphatic rings. The smallest absolute Gasteiger partial charge is 0.331 e. The number of rotatable bonds is 12. The molecule has 0 aromatic heterocycles. The van der Waals surface area contributed by atoms with Crippen LogP contribution in [0.25, 0.3) is 0 Å². The normalized spacial score (nSPS) is 16.4. The van der Waals surface area contributed by atoms with Gasteiger partial charge in [-0.25, -0.2) is 4.79 Å². The minimum atomic E-state index is -0.391. The highest BCUT2D eigenvalue weighted by Gasteiger charge is 2.30. The van der Waals surface area contributed by atoms with E-state index < -0.39 is 5.97 Å². The number of nitrogens with zero attached hydrogens (tertiary/aromatic N) is 1. The molecule has 1 fully saturated rings. The maximum atomic E-state index is 12.3. The van der Waals surface area contributed by atoms with Gasteiger partial charge in [-0.3, -0.25) is 9.59 Å². The molecule has 0 unspecified atom stereocenters. The summed E-state index contributed by atoms with van der Waals surface area (Å²) in [5.74, 6) is -0.0715. The highest BCUT2D eigenvalue weighted by atomic mass is 35.5. The van der Waals surface area contributed by atoms with E-state index in [9.17, 15) is 14.4 Å². The molecule has 1 aromatic rings. The van der Waals surface area contributed by atoms with Gasteiger partial charge in [-0.15, -0.1) is 0 Å². The largest absolute Gasteiger partial charge is 0.467 e. The molecular formula is C21H28ClNO5. The first kappa shape index (κ1) is 22.4. The third-order valence-corrected chi connectivity index (χ3v) is 5.12. The van der Waals surface area contributed by atoms with Crippen LogP contribution in [-0.2, 0) is 30.3 Å². The molecule has 0 N–H and O–H groups in total. The number of hydrogen-bond acceptors (Lipinski definition) is 5. The number of amides is 1. The Morgan fingerprint density at radius 3 is 2.86 bits per heavy atom. The summed E-state index contributed by atoms with van der Waals surface area (Å²) in [6.45, 7) is 1.07. The second-order valence-corrected chi connectivity index (χ2v) is 7.44. The van der Waals surface area contributed by atoms with Crippen molar-refractivity contribution >= 4 is 29.3 Å². The van der Waals surface area contributed by atoms with Crippen LogP contribution in [0.1, 0.15) is 44.1 Å². The van der Waals surface area contributed by atoms with Gasteiger partial charge >= 0.3 is 5.97 Å². The van der Waals surface area contributed by atoms with Crippen LogP contribution >= 0.6 is 11.6 Å². The summed E-state index contributed by atoms with van der Waals surface area (Å²) in [4.78, 5) is 37.3. The lowest BCUT2D eigenvalue weighted by molar-refractivity contribution is -0.145. The number of ketones is 1. The van der Waals surface area contributed by atoms with E-state index >= 15 is 0 Å². The zero-order valence-electron chi connectivity index (χ0n) is 16.3. The van der Waals surface area contributed by atoms with Gasteiger partial charge in [0.1, 0.15) is 12.4 Å². The molecule has 1 saturated heterocycles. The summed E-state index contributed by atoms with van der Waals surface area (Å²) in [5.41, 5.74) is 0.920. The number of Topliss-reactive ketones (excluding diaryl/α,β-unsaturated/α-hetero) is 1. The topological polar surface area (TPSA) is 72.9 Å². The van der Waals surface area contributed by atoms with Crippen molar-refractivity contribution in [2.45, 2.75) is 51.0 Å². The van der Waals surface area contributed by atoms with Gasteiger partial charge in [0.2, 0.25) is 5.91 Å². The predicted molar refractivity (Wildman–Crippen MR) is 106 cm³/mol. The summed E-state index contributed by atoms with van der Waals surface area (Å²) in [5, 5.41) is 0.633. The summed E-state index contributed by atoms with van der Waals surface area (Å²) < 4.78 is 9.72. The lowest BCUT2D eigenvalue weighted by atomic mass is 10.0. The van der Waals surface area contributed by atoms with Crippen LogP contribution in [0.5, 0.6) is 0 Å². The summed E-state index contributed by atoms with van der Waals surface area (Å²) in [7, 11) is 1.32. The van der Waals surface area contributed by atoms with Gasteiger partial charge < -0.3 is 14.4 Å². The van der Waals surface area contributed by atoms with E-state index in [-0.39, 0.29) is 24.3 Å². The molecule has 1 aliphatic heterocycles. The minimum absolute atomic E-state index is 0.0451. The zero-order valence-corrected chi connectivity index (χ0v) is 17.1. The third kappa shape index (κ3) is 7.60. The molecule has 2 rings (SSSR count). The van der Waals surface area contributed by atoms with E-state index in [0.29, 0.717) is 43.9 Å². The maximum absolute atomic E-state index is 12.3. The molecule has 0 radical (unpaired) electrons. The Labute approximate surface area is 171 Å². The standard InChI is InChI=1S/C21H28ClNO5/c1-27-21(26)15-28-12-3-2-11-23-18(8-10-20(23)25)7-9-19(24)14-16-5-4-6-17(22)13-16/h4-6,13,18H,2-3,7-12,14-15H2,1H3/t18-/m0/s1. The molecular weight excluding hydrogens is 382 g/mol. The van der Waals surface area contributed by atoms with Crippen molar-refractivity contribution in [2.75, 3.05) is 26.9 Å². The average molecular weight is 410 g/mol. The fourth-order valence-corrected chi connectivity index (χ4v) is 3.60. The van der Waals surface area contributed by atoms with Gasteiger partial charge in [0.05, 0.1) is 7.11 Å². The van der Waals surface area contributed by atoms with E-state index in [0.717, 1.165) is 24.8 Å². The fourth-order valence-electron chi connectivity index (χ4n) is 3.39. The average Bonchev–Trinajstić information content (AvgIpc) is 3.02. The van der Waals surface area contributed by atoms with Crippen molar-refractivity contribution in [1.82, 2.24) is 4.90 Å². The van der Waals surface area contributed by atoms with E-state index in [1.54, 1.807) is 6.07 Å². The van der Waals surface area contributed by atoms with E-state index in [2.05, 4.69) is 4.74 Å². The number of methoxy groups -OCH3 is 1. The number of benzene rings is 1. The number of ether oxygens (including phenoxy) is 2. The number of esters is 1. The van der Waals surface area contributed by atoms with Gasteiger partial charge in [0, 0.05) is 43.5 Å². The van der Waals surface area contributed by atoms with Crippen molar-refractivity contribution in [2.24, 2.45) is 0 Å². The second-order valence-electron chi connectivity index (χ2n) is 7.00. The quantitative estimate of drug-likeness (QED) is 0.391. The molecule has 0 aliphatic carbocycles. The van der Waals surface area contributed by atoms with Gasteiger partial charge in [0.25, 0.3) is 0 Å². The molecule has 0 saturated carbocycles. The van der Waals surface area contributed by atoms with Crippen molar-refractivity contribution in [3.8, 4) is 0 Å². The Kier molecular flexibility index (Phi) is 9.44.